The molecule has 2 aromatic rings. The Balaban J connectivity index is 0.000000318. The first-order chi connectivity index (χ1) is 10.5. The summed E-state index contributed by atoms with van der Waals surface area (Å²) in [6.45, 7) is 0. The minimum atomic E-state index is -6.07. The topological polar surface area (TPSA) is 204 Å². The van der Waals surface area contributed by atoms with Gasteiger partial charge in [-0.05, 0) is 0 Å². The molecule has 0 aromatic carbocycles. The third-order valence-corrected chi connectivity index (χ3v) is 4.32. The Morgan fingerprint density at radius 1 is 0.739 bits per heavy atom. The number of hydrogen-bond acceptors (Lipinski definition) is 9. The van der Waals surface area contributed by atoms with E-state index in [1.807, 2.05) is 0 Å². The number of rotatable bonds is 2. The van der Waals surface area contributed by atoms with Crippen LogP contribution >= 0.6 is 0 Å². The standard InChI is InChI=1S/2C5H6N2.2Cr.7O/c2*6-5-1-3-7-4-2-5;;;;;;;;;/h2*1-4H,(H2,6,7);;;;;;;;;/q;;;;;;;;;2*-1/p+2. The maximum atomic E-state index is 9.38. The van der Waals surface area contributed by atoms with Crippen molar-refractivity contribution in [3.63, 3.8) is 0 Å². The molecule has 0 saturated heterocycles. The zero-order valence-electron chi connectivity index (χ0n) is 11.4. The average Bonchev–Trinajstić information content (AvgIpc) is 2.37. The zero-order valence-corrected chi connectivity index (χ0v) is 14.0. The van der Waals surface area contributed by atoms with Gasteiger partial charge in [0.2, 0.25) is 0 Å². The maximum absolute atomic E-state index is 9.38. The van der Waals surface area contributed by atoms with E-state index in [0.717, 1.165) is 11.4 Å². The van der Waals surface area contributed by atoms with E-state index in [-0.39, 0.29) is 0 Å². The number of aromatic nitrogens is 2. The summed E-state index contributed by atoms with van der Waals surface area (Å²) in [5.74, 6) is 0. The molecular weight excluding hydrogens is 392 g/mol. The molecule has 23 heavy (non-hydrogen) atoms. The van der Waals surface area contributed by atoms with Crippen molar-refractivity contribution in [3.05, 3.63) is 49.1 Å². The summed E-state index contributed by atoms with van der Waals surface area (Å²) in [4.78, 5) is 5.71. The Morgan fingerprint density at radius 3 is 1.09 bits per heavy atom. The summed E-state index contributed by atoms with van der Waals surface area (Å²) in [7, 11) is 0. The van der Waals surface area contributed by atoms with Gasteiger partial charge in [-0.2, -0.15) is 0 Å². The Labute approximate surface area is 135 Å². The van der Waals surface area contributed by atoms with Crippen molar-refractivity contribution in [2.45, 2.75) is 0 Å². The fourth-order valence-electron chi connectivity index (χ4n) is 0.902. The summed E-state index contributed by atoms with van der Waals surface area (Å²) in [5, 5.41) is 0. The molecule has 6 N–H and O–H groups in total. The van der Waals surface area contributed by atoms with Crippen molar-refractivity contribution in [2.24, 2.45) is 0 Å². The van der Waals surface area contributed by atoms with Crippen molar-refractivity contribution in [1.82, 2.24) is 0 Å². The Hall–Kier alpha value is -1.96. The molecule has 2 rings (SSSR count). The number of H-pyrrole nitrogens is 2. The average molecular weight is 406 g/mol. The van der Waals surface area contributed by atoms with Crippen LogP contribution in [0, 0.1) is 0 Å². The Kier molecular flexibility index (Phi) is 9.10. The first kappa shape index (κ1) is 21.0. The molecule has 0 atom stereocenters. The van der Waals surface area contributed by atoms with Crippen molar-refractivity contribution < 1.29 is 63.6 Å². The van der Waals surface area contributed by atoms with Crippen molar-refractivity contribution in [1.29, 1.82) is 0 Å². The number of pyridine rings is 2. The van der Waals surface area contributed by atoms with Crippen LogP contribution in [0.1, 0.15) is 0 Å². The molecule has 0 unspecified atom stereocenters. The fraction of sp³-hybridized carbons (Fsp3) is 0. The van der Waals surface area contributed by atoms with E-state index in [2.05, 4.69) is 12.8 Å². The Bertz CT molecular complexity index is 700. The number of nitrogen functional groups attached to an aromatic ring is 2. The second kappa shape index (κ2) is 9.94. The third kappa shape index (κ3) is 16.2. The quantitative estimate of drug-likeness (QED) is 0.529. The van der Waals surface area contributed by atoms with Gasteiger partial charge in [0.15, 0.2) is 24.8 Å². The van der Waals surface area contributed by atoms with Crippen LogP contribution in [-0.4, -0.2) is 0 Å². The van der Waals surface area contributed by atoms with Gasteiger partial charge >= 0.3 is 53.6 Å². The molecule has 2 heterocycles. The predicted molar refractivity (Wildman–Crippen MR) is 58.7 cm³/mol. The van der Waals surface area contributed by atoms with Crippen LogP contribution < -0.4 is 29.8 Å². The first-order valence-corrected chi connectivity index (χ1v) is 9.72. The van der Waals surface area contributed by atoms with Crippen LogP contribution in [-0.2, 0) is 45.3 Å². The molecule has 0 radical (unpaired) electrons. The molecular formula is C10H14Cr2N4O7. The van der Waals surface area contributed by atoms with Crippen molar-refractivity contribution >= 4 is 11.4 Å². The van der Waals surface area contributed by atoms with E-state index >= 15 is 0 Å². The Morgan fingerprint density at radius 2 is 1.00 bits per heavy atom. The van der Waals surface area contributed by atoms with Gasteiger partial charge in [0, 0.05) is 35.6 Å². The molecule has 128 valence electrons. The van der Waals surface area contributed by atoms with E-state index in [4.69, 9.17) is 11.5 Å². The summed E-state index contributed by atoms with van der Waals surface area (Å²) in [6.07, 6.45) is 7.15. The molecule has 2 aromatic heterocycles. The summed E-state index contributed by atoms with van der Waals surface area (Å²) in [6, 6.07) is 7.22. The van der Waals surface area contributed by atoms with Gasteiger partial charge < -0.3 is 11.5 Å². The van der Waals surface area contributed by atoms with E-state index in [9.17, 15) is 23.5 Å². The molecule has 0 spiro atoms. The molecule has 11 nitrogen and oxygen atoms in total. The van der Waals surface area contributed by atoms with Gasteiger partial charge in [0.05, 0.1) is 0 Å². The zero-order chi connectivity index (χ0) is 17.9. The van der Waals surface area contributed by atoms with Gasteiger partial charge in [0.25, 0.3) is 0 Å². The molecule has 0 aliphatic carbocycles. The second-order valence-corrected chi connectivity index (χ2v) is 7.19. The minimum absolute atomic E-state index is 0.791. The van der Waals surface area contributed by atoms with Crippen LogP contribution in [0.5, 0.6) is 0 Å². The van der Waals surface area contributed by atoms with Crippen molar-refractivity contribution in [2.75, 3.05) is 11.5 Å². The first-order valence-electron chi connectivity index (χ1n) is 5.55. The molecule has 0 saturated carbocycles. The third-order valence-electron chi connectivity index (χ3n) is 1.65. The van der Waals surface area contributed by atoms with Gasteiger partial charge in [-0.25, -0.2) is 9.97 Å². The molecule has 0 aliphatic heterocycles. The normalized spacial score (nSPS) is 10.5. The number of nitrogens with one attached hydrogen (secondary N) is 2. The van der Waals surface area contributed by atoms with E-state index in [1.54, 1.807) is 49.1 Å². The van der Waals surface area contributed by atoms with Gasteiger partial charge in [0.1, 0.15) is 0 Å². The van der Waals surface area contributed by atoms with Crippen LogP contribution in [0.25, 0.3) is 0 Å². The van der Waals surface area contributed by atoms with Gasteiger partial charge in [-0.1, -0.05) is 0 Å². The molecule has 0 aliphatic rings. The number of nitrogens with two attached hydrogens (primary N) is 2. The predicted octanol–water partition coefficient (Wildman–Crippen LogP) is -2.76. The van der Waals surface area contributed by atoms with Crippen LogP contribution in [0.3, 0.4) is 0 Å². The SMILES string of the molecule is Nc1cc[nH+]cc1.Nc1cc[nH+]cc1.[O]=[Cr](=[O])([O-])[O][Cr](=[O])(=[O])[O-]. The van der Waals surface area contributed by atoms with Crippen LogP contribution in [0.2, 0.25) is 0 Å². The summed E-state index contributed by atoms with van der Waals surface area (Å²) in [5.41, 5.74) is 12.3. The van der Waals surface area contributed by atoms with Crippen molar-refractivity contribution in [3.8, 4) is 0 Å². The molecule has 0 bridgehead atoms. The van der Waals surface area contributed by atoms with E-state index < -0.39 is 27.2 Å². The van der Waals surface area contributed by atoms with Crippen LogP contribution in [0.4, 0.5) is 11.4 Å². The monoisotopic (exact) mass is 406 g/mol. The van der Waals surface area contributed by atoms with E-state index in [0.29, 0.717) is 0 Å². The number of hydrogen-bond donors (Lipinski definition) is 2. The van der Waals surface area contributed by atoms with Gasteiger partial charge in [-0.3, -0.25) is 0 Å². The summed E-state index contributed by atoms with van der Waals surface area (Å²) < 4.78 is 58.9. The second-order valence-electron chi connectivity index (χ2n) is 3.55. The number of anilines is 2. The summed E-state index contributed by atoms with van der Waals surface area (Å²) >= 11 is -12.1. The van der Waals surface area contributed by atoms with Gasteiger partial charge in [-0.15, -0.1) is 0 Å². The molecule has 0 fully saturated rings. The van der Waals surface area contributed by atoms with Crippen LogP contribution in [0.15, 0.2) is 49.1 Å². The molecule has 0 amide bonds. The molecule has 13 heteroatoms. The van der Waals surface area contributed by atoms with E-state index in [1.165, 1.54) is 0 Å². The number of aromatic amines is 2. The fourth-order valence-corrected chi connectivity index (χ4v) is 2.53.